The second-order valence-electron chi connectivity index (χ2n) is 4.97. The number of anilines is 1. The maximum Gasteiger partial charge on any atom is 0.257 e. The van der Waals surface area contributed by atoms with Crippen LogP contribution in [-0.4, -0.2) is 25.2 Å². The lowest BCUT2D eigenvalue weighted by molar-refractivity contribution is 0.0977. The summed E-state index contributed by atoms with van der Waals surface area (Å²) < 4.78 is 10.3. The van der Waals surface area contributed by atoms with Crippen LogP contribution in [0, 0.1) is 6.92 Å². The molecule has 126 valence electrons. The number of carbonyl (C=O) groups is 1. The number of nitrogens with one attached hydrogen (secondary N) is 2. The van der Waals surface area contributed by atoms with Gasteiger partial charge in [-0.1, -0.05) is 17.7 Å². The quantitative estimate of drug-likeness (QED) is 0.808. The molecule has 0 spiro atoms. The Kier molecular flexibility index (Phi) is 6.00. The van der Waals surface area contributed by atoms with E-state index in [2.05, 4.69) is 10.6 Å². The first-order valence-electron chi connectivity index (χ1n) is 7.04. The second-order valence-corrected chi connectivity index (χ2v) is 5.79. The third-order valence-corrected chi connectivity index (χ3v) is 3.88. The average molecular weight is 365 g/mol. The SMILES string of the molecule is COc1cc(OC)cc(C(=O)NC(=S)Nc2ccc(C)c(Cl)c2)c1. The van der Waals surface area contributed by atoms with Crippen molar-refractivity contribution in [3.63, 3.8) is 0 Å². The van der Waals surface area contributed by atoms with Gasteiger partial charge in [-0.15, -0.1) is 0 Å². The van der Waals surface area contributed by atoms with E-state index < -0.39 is 0 Å². The summed E-state index contributed by atoms with van der Waals surface area (Å²) in [7, 11) is 3.04. The van der Waals surface area contributed by atoms with E-state index >= 15 is 0 Å². The standard InChI is InChI=1S/C17H17ClN2O3S/c1-10-4-5-12(8-15(10)18)19-17(24)20-16(21)11-6-13(22-2)9-14(7-11)23-3/h4-9H,1-3H3,(H2,19,20,21,24). The van der Waals surface area contributed by atoms with Crippen molar-refractivity contribution in [3.05, 3.63) is 52.5 Å². The summed E-state index contributed by atoms with van der Waals surface area (Å²) in [5.74, 6) is 0.662. The van der Waals surface area contributed by atoms with Crippen LogP contribution >= 0.6 is 23.8 Å². The molecule has 0 aliphatic carbocycles. The molecule has 1 amide bonds. The van der Waals surface area contributed by atoms with Crippen LogP contribution in [0.5, 0.6) is 11.5 Å². The molecule has 0 saturated carbocycles. The molecule has 2 aromatic carbocycles. The van der Waals surface area contributed by atoms with Crippen LogP contribution in [0.1, 0.15) is 15.9 Å². The molecule has 0 fully saturated rings. The molecular weight excluding hydrogens is 348 g/mol. The molecule has 2 rings (SSSR count). The topological polar surface area (TPSA) is 59.6 Å². The van der Waals surface area contributed by atoms with Gasteiger partial charge in [0.05, 0.1) is 14.2 Å². The van der Waals surface area contributed by atoms with Crippen molar-refractivity contribution in [1.82, 2.24) is 5.32 Å². The minimum absolute atomic E-state index is 0.168. The van der Waals surface area contributed by atoms with Gasteiger partial charge in [-0.25, -0.2) is 0 Å². The van der Waals surface area contributed by atoms with Crippen molar-refractivity contribution < 1.29 is 14.3 Å². The van der Waals surface area contributed by atoms with Crippen molar-refractivity contribution in [2.24, 2.45) is 0 Å². The highest BCUT2D eigenvalue weighted by molar-refractivity contribution is 7.80. The van der Waals surface area contributed by atoms with E-state index in [1.807, 2.05) is 19.1 Å². The molecule has 2 N–H and O–H groups in total. The lowest BCUT2D eigenvalue weighted by atomic mass is 10.2. The van der Waals surface area contributed by atoms with Crippen LogP contribution < -0.4 is 20.1 Å². The Balaban J connectivity index is 2.08. The summed E-state index contributed by atoms with van der Waals surface area (Å²) >= 11 is 11.2. The monoisotopic (exact) mass is 364 g/mol. The number of hydrogen-bond donors (Lipinski definition) is 2. The van der Waals surface area contributed by atoms with E-state index in [1.165, 1.54) is 14.2 Å². The predicted octanol–water partition coefficient (Wildman–Crippen LogP) is 3.79. The van der Waals surface area contributed by atoms with Crippen molar-refractivity contribution in [2.45, 2.75) is 6.92 Å². The third-order valence-electron chi connectivity index (χ3n) is 3.27. The Hall–Kier alpha value is -2.31. The van der Waals surface area contributed by atoms with Gasteiger partial charge >= 0.3 is 0 Å². The van der Waals surface area contributed by atoms with Gasteiger partial charge < -0.3 is 14.8 Å². The Morgan fingerprint density at radius 2 is 1.71 bits per heavy atom. The van der Waals surface area contributed by atoms with Crippen LogP contribution in [0.25, 0.3) is 0 Å². The summed E-state index contributed by atoms with van der Waals surface area (Å²) in [6.07, 6.45) is 0. The van der Waals surface area contributed by atoms with Crippen molar-refractivity contribution in [2.75, 3.05) is 19.5 Å². The number of carbonyl (C=O) groups excluding carboxylic acids is 1. The molecule has 0 bridgehead atoms. The largest absolute Gasteiger partial charge is 0.497 e. The molecule has 0 aliphatic rings. The zero-order valence-corrected chi connectivity index (χ0v) is 15.0. The molecule has 5 nitrogen and oxygen atoms in total. The van der Waals surface area contributed by atoms with Gasteiger partial charge in [0.25, 0.3) is 5.91 Å². The zero-order chi connectivity index (χ0) is 17.7. The van der Waals surface area contributed by atoms with Crippen molar-refractivity contribution >= 4 is 40.5 Å². The number of benzene rings is 2. The normalized spacial score (nSPS) is 10.0. The average Bonchev–Trinajstić information content (AvgIpc) is 2.57. The van der Waals surface area contributed by atoms with Crippen LogP contribution in [0.3, 0.4) is 0 Å². The number of rotatable bonds is 4. The maximum atomic E-state index is 12.3. The molecule has 0 atom stereocenters. The number of halogens is 1. The number of amides is 1. The van der Waals surface area contributed by atoms with E-state index in [1.54, 1.807) is 24.3 Å². The fraction of sp³-hybridized carbons (Fsp3) is 0.176. The number of hydrogen-bond acceptors (Lipinski definition) is 4. The molecule has 7 heteroatoms. The second kappa shape index (κ2) is 7.99. The lowest BCUT2D eigenvalue weighted by Gasteiger charge is -2.12. The third kappa shape index (κ3) is 4.59. The first-order chi connectivity index (χ1) is 11.4. The van der Waals surface area contributed by atoms with E-state index in [-0.39, 0.29) is 11.0 Å². The molecule has 0 unspecified atom stereocenters. The van der Waals surface area contributed by atoms with E-state index in [0.29, 0.717) is 27.8 Å². The predicted molar refractivity (Wildman–Crippen MR) is 99.4 cm³/mol. The number of aryl methyl sites for hydroxylation is 1. The zero-order valence-electron chi connectivity index (χ0n) is 13.5. The molecule has 0 aliphatic heterocycles. The fourth-order valence-electron chi connectivity index (χ4n) is 1.95. The Morgan fingerprint density at radius 1 is 1.08 bits per heavy atom. The highest BCUT2D eigenvalue weighted by Gasteiger charge is 2.12. The van der Waals surface area contributed by atoms with Crippen LogP contribution in [0.2, 0.25) is 5.02 Å². The fourth-order valence-corrected chi connectivity index (χ4v) is 2.34. The summed E-state index contributed by atoms with van der Waals surface area (Å²) in [5.41, 5.74) is 2.03. The highest BCUT2D eigenvalue weighted by atomic mass is 35.5. The smallest absolute Gasteiger partial charge is 0.257 e. The van der Waals surface area contributed by atoms with Gasteiger partial charge in [0.15, 0.2) is 5.11 Å². The summed E-state index contributed by atoms with van der Waals surface area (Å²) in [5, 5.41) is 6.31. The summed E-state index contributed by atoms with van der Waals surface area (Å²) in [6, 6.07) is 10.3. The lowest BCUT2D eigenvalue weighted by Crippen LogP contribution is -2.34. The van der Waals surface area contributed by atoms with E-state index in [9.17, 15) is 4.79 Å². The number of methoxy groups -OCH3 is 2. The van der Waals surface area contributed by atoms with E-state index in [0.717, 1.165) is 5.56 Å². The molecular formula is C17H17ClN2O3S. The number of ether oxygens (including phenoxy) is 2. The Labute approximate surface area is 150 Å². The van der Waals surface area contributed by atoms with Gasteiger partial charge in [0.2, 0.25) is 0 Å². The Morgan fingerprint density at radius 3 is 2.25 bits per heavy atom. The molecule has 0 radical (unpaired) electrons. The minimum atomic E-state index is -0.372. The minimum Gasteiger partial charge on any atom is -0.497 e. The van der Waals surface area contributed by atoms with Crippen LogP contribution in [0.4, 0.5) is 5.69 Å². The van der Waals surface area contributed by atoms with Gasteiger partial charge in [0.1, 0.15) is 11.5 Å². The first kappa shape index (κ1) is 18.0. The van der Waals surface area contributed by atoms with Crippen LogP contribution in [-0.2, 0) is 0 Å². The molecule has 2 aromatic rings. The molecule has 0 heterocycles. The molecule has 0 saturated heterocycles. The van der Waals surface area contributed by atoms with Gasteiger partial charge in [-0.3, -0.25) is 10.1 Å². The van der Waals surface area contributed by atoms with E-state index in [4.69, 9.17) is 33.3 Å². The van der Waals surface area contributed by atoms with Crippen molar-refractivity contribution in [3.8, 4) is 11.5 Å². The maximum absolute atomic E-state index is 12.3. The highest BCUT2D eigenvalue weighted by Crippen LogP contribution is 2.23. The van der Waals surface area contributed by atoms with Crippen molar-refractivity contribution in [1.29, 1.82) is 0 Å². The molecule has 0 aromatic heterocycles. The van der Waals surface area contributed by atoms with Gasteiger partial charge in [-0.2, -0.15) is 0 Å². The number of thiocarbonyl (C=S) groups is 1. The summed E-state index contributed by atoms with van der Waals surface area (Å²) in [6.45, 7) is 1.91. The summed E-state index contributed by atoms with van der Waals surface area (Å²) in [4.78, 5) is 12.3. The first-order valence-corrected chi connectivity index (χ1v) is 7.83. The van der Waals surface area contributed by atoms with Gasteiger partial charge in [-0.05, 0) is 49.0 Å². The Bertz CT molecular complexity index is 758. The van der Waals surface area contributed by atoms with Gasteiger partial charge in [0, 0.05) is 22.3 Å². The molecule has 24 heavy (non-hydrogen) atoms. The van der Waals surface area contributed by atoms with Crippen LogP contribution in [0.15, 0.2) is 36.4 Å².